The van der Waals surface area contributed by atoms with Gasteiger partial charge in [0, 0.05) is 23.6 Å². The van der Waals surface area contributed by atoms with Gasteiger partial charge in [-0.1, -0.05) is 24.6 Å². The molecule has 0 saturated carbocycles. The van der Waals surface area contributed by atoms with Gasteiger partial charge in [-0.15, -0.1) is 0 Å². The Hall–Kier alpha value is -0.640. The largest absolute Gasteiger partial charge is 0.381 e. The van der Waals surface area contributed by atoms with E-state index in [0.717, 1.165) is 38.1 Å². The molecule has 0 spiro atoms. The zero-order valence-electron chi connectivity index (χ0n) is 11.3. The van der Waals surface area contributed by atoms with Crippen molar-refractivity contribution in [3.63, 3.8) is 0 Å². The number of ether oxygens (including phenoxy) is 1. The summed E-state index contributed by atoms with van der Waals surface area (Å²) in [6.07, 6.45) is 2.81. The third-order valence-electron chi connectivity index (χ3n) is 3.73. The highest BCUT2D eigenvalue weighted by Crippen LogP contribution is 2.33. The predicted octanol–water partition coefficient (Wildman–Crippen LogP) is 3.43. The molecule has 0 aromatic heterocycles. The van der Waals surface area contributed by atoms with Gasteiger partial charge in [0.15, 0.2) is 0 Å². The molecule has 1 atom stereocenters. The van der Waals surface area contributed by atoms with Crippen LogP contribution in [0.1, 0.15) is 25.3 Å². The molecular formula is C15H21ClFNO. The van der Waals surface area contributed by atoms with E-state index < -0.39 is 0 Å². The summed E-state index contributed by atoms with van der Waals surface area (Å²) in [5, 5.41) is 3.83. The third kappa shape index (κ3) is 3.91. The van der Waals surface area contributed by atoms with E-state index in [1.54, 1.807) is 12.1 Å². The van der Waals surface area contributed by atoms with Crippen molar-refractivity contribution in [1.29, 1.82) is 0 Å². The number of halogens is 2. The van der Waals surface area contributed by atoms with Crippen molar-refractivity contribution in [3.05, 3.63) is 34.6 Å². The first-order valence-electron chi connectivity index (χ1n) is 6.88. The molecule has 0 radical (unpaired) electrons. The van der Waals surface area contributed by atoms with Crippen molar-refractivity contribution in [3.8, 4) is 0 Å². The molecule has 1 fully saturated rings. The van der Waals surface area contributed by atoms with Crippen LogP contribution in [-0.2, 0) is 11.2 Å². The van der Waals surface area contributed by atoms with Crippen LogP contribution < -0.4 is 5.32 Å². The Morgan fingerprint density at radius 2 is 2.32 bits per heavy atom. The van der Waals surface area contributed by atoms with Gasteiger partial charge in [-0.05, 0) is 43.5 Å². The van der Waals surface area contributed by atoms with E-state index in [-0.39, 0.29) is 11.2 Å². The molecule has 1 N–H and O–H groups in total. The Balaban J connectivity index is 2.14. The highest BCUT2D eigenvalue weighted by molar-refractivity contribution is 6.30. The molecule has 1 aliphatic rings. The normalized spacial score (nSPS) is 23.5. The second-order valence-electron chi connectivity index (χ2n) is 5.35. The highest BCUT2D eigenvalue weighted by atomic mass is 35.5. The van der Waals surface area contributed by atoms with E-state index in [1.807, 2.05) is 0 Å². The van der Waals surface area contributed by atoms with Crippen molar-refractivity contribution < 1.29 is 9.13 Å². The van der Waals surface area contributed by atoms with Gasteiger partial charge in [-0.2, -0.15) is 0 Å². The van der Waals surface area contributed by atoms with Gasteiger partial charge in [0.05, 0.1) is 6.61 Å². The molecule has 0 amide bonds. The second kappa shape index (κ2) is 6.69. The molecule has 106 valence electrons. The molecule has 1 aliphatic heterocycles. The first-order chi connectivity index (χ1) is 9.15. The fraction of sp³-hybridized carbons (Fsp3) is 0.600. The quantitative estimate of drug-likeness (QED) is 0.895. The first kappa shape index (κ1) is 14.8. The smallest absolute Gasteiger partial charge is 0.127 e. The molecule has 2 rings (SSSR count). The molecule has 1 heterocycles. The number of rotatable bonds is 5. The van der Waals surface area contributed by atoms with Gasteiger partial charge in [0.1, 0.15) is 5.82 Å². The first-order valence-corrected chi connectivity index (χ1v) is 7.25. The van der Waals surface area contributed by atoms with E-state index in [1.165, 1.54) is 6.07 Å². The Morgan fingerprint density at radius 1 is 1.47 bits per heavy atom. The Morgan fingerprint density at radius 3 is 2.95 bits per heavy atom. The van der Waals surface area contributed by atoms with Crippen LogP contribution in [-0.4, -0.2) is 26.3 Å². The number of hydrogen-bond donors (Lipinski definition) is 1. The van der Waals surface area contributed by atoms with Crippen LogP contribution in [0.25, 0.3) is 0 Å². The molecule has 4 heteroatoms. The second-order valence-corrected chi connectivity index (χ2v) is 5.79. The summed E-state index contributed by atoms with van der Waals surface area (Å²) in [5.74, 6) is -0.214. The maximum atomic E-state index is 14.0. The lowest BCUT2D eigenvalue weighted by molar-refractivity contribution is -0.00728. The molecule has 19 heavy (non-hydrogen) atoms. The van der Waals surface area contributed by atoms with Crippen molar-refractivity contribution in [2.24, 2.45) is 5.41 Å². The van der Waals surface area contributed by atoms with Crippen LogP contribution >= 0.6 is 11.6 Å². The minimum atomic E-state index is -0.214. The van der Waals surface area contributed by atoms with E-state index >= 15 is 0 Å². The monoisotopic (exact) mass is 285 g/mol. The van der Waals surface area contributed by atoms with Crippen LogP contribution in [0.4, 0.5) is 4.39 Å². The van der Waals surface area contributed by atoms with Crippen LogP contribution in [0, 0.1) is 11.2 Å². The van der Waals surface area contributed by atoms with Gasteiger partial charge in [0.2, 0.25) is 0 Å². The lowest BCUT2D eigenvalue weighted by Gasteiger charge is -2.37. The topological polar surface area (TPSA) is 21.3 Å². The Bertz CT molecular complexity index is 419. The molecule has 1 aromatic rings. The number of nitrogens with one attached hydrogen (secondary N) is 1. The molecule has 1 saturated heterocycles. The summed E-state index contributed by atoms with van der Waals surface area (Å²) in [7, 11) is 0. The van der Waals surface area contributed by atoms with Crippen LogP contribution in [0.15, 0.2) is 18.2 Å². The standard InChI is InChI=1S/C15H21ClFNO/c1-2-18-10-15(6-3-7-19-11-15)9-12-4-5-13(16)8-14(12)17/h4-5,8,18H,2-3,6-7,9-11H2,1H3. The van der Waals surface area contributed by atoms with E-state index in [2.05, 4.69) is 12.2 Å². The maximum Gasteiger partial charge on any atom is 0.127 e. The fourth-order valence-corrected chi connectivity index (χ4v) is 2.87. The van der Waals surface area contributed by atoms with Gasteiger partial charge < -0.3 is 10.1 Å². The predicted molar refractivity (Wildman–Crippen MR) is 76.1 cm³/mol. The number of hydrogen-bond acceptors (Lipinski definition) is 2. The fourth-order valence-electron chi connectivity index (χ4n) is 2.71. The third-order valence-corrected chi connectivity index (χ3v) is 3.97. The van der Waals surface area contributed by atoms with E-state index in [4.69, 9.17) is 16.3 Å². The molecule has 0 aliphatic carbocycles. The average molecular weight is 286 g/mol. The van der Waals surface area contributed by atoms with Gasteiger partial charge >= 0.3 is 0 Å². The minimum absolute atomic E-state index is 0.00291. The molecule has 2 nitrogen and oxygen atoms in total. The van der Waals surface area contributed by atoms with Crippen molar-refractivity contribution >= 4 is 11.6 Å². The minimum Gasteiger partial charge on any atom is -0.381 e. The number of benzene rings is 1. The summed E-state index contributed by atoms with van der Waals surface area (Å²) >= 11 is 5.80. The molecule has 1 unspecified atom stereocenters. The van der Waals surface area contributed by atoms with Gasteiger partial charge in [-0.3, -0.25) is 0 Å². The van der Waals surface area contributed by atoms with E-state index in [0.29, 0.717) is 18.1 Å². The lowest BCUT2D eigenvalue weighted by atomic mass is 9.77. The van der Waals surface area contributed by atoms with Crippen molar-refractivity contribution in [1.82, 2.24) is 5.32 Å². The zero-order valence-corrected chi connectivity index (χ0v) is 12.1. The summed E-state index contributed by atoms with van der Waals surface area (Å²) in [4.78, 5) is 0. The van der Waals surface area contributed by atoms with Gasteiger partial charge in [-0.25, -0.2) is 4.39 Å². The maximum absolute atomic E-state index is 14.0. The average Bonchev–Trinajstić information content (AvgIpc) is 2.41. The highest BCUT2D eigenvalue weighted by Gasteiger charge is 2.33. The van der Waals surface area contributed by atoms with E-state index in [9.17, 15) is 4.39 Å². The molecular weight excluding hydrogens is 265 g/mol. The lowest BCUT2D eigenvalue weighted by Crippen LogP contribution is -2.42. The molecule has 1 aromatic carbocycles. The summed E-state index contributed by atoms with van der Waals surface area (Å²) in [5.41, 5.74) is 0.732. The zero-order chi connectivity index (χ0) is 13.7. The Kier molecular flexibility index (Phi) is 5.20. The van der Waals surface area contributed by atoms with Crippen LogP contribution in [0.3, 0.4) is 0 Å². The summed E-state index contributed by atoms with van der Waals surface area (Å²) < 4.78 is 19.6. The van der Waals surface area contributed by atoms with Crippen molar-refractivity contribution in [2.75, 3.05) is 26.3 Å². The van der Waals surface area contributed by atoms with Gasteiger partial charge in [0.25, 0.3) is 0 Å². The summed E-state index contributed by atoms with van der Waals surface area (Å²) in [6, 6.07) is 4.94. The van der Waals surface area contributed by atoms with Crippen LogP contribution in [0.5, 0.6) is 0 Å². The Labute approximate surface area is 119 Å². The summed E-state index contributed by atoms with van der Waals surface area (Å²) in [6.45, 7) is 5.38. The van der Waals surface area contributed by atoms with Crippen LogP contribution in [0.2, 0.25) is 5.02 Å². The SMILES string of the molecule is CCNCC1(Cc2ccc(Cl)cc2F)CCCOC1. The van der Waals surface area contributed by atoms with Crippen molar-refractivity contribution in [2.45, 2.75) is 26.2 Å². The molecule has 0 bridgehead atoms.